The second-order valence-corrected chi connectivity index (χ2v) is 4.60. The number of piperidine rings is 1. The first kappa shape index (κ1) is 11.3. The van der Waals surface area contributed by atoms with Gasteiger partial charge in [0.05, 0.1) is 12.7 Å². The molecular formula is C11H21NO3. The van der Waals surface area contributed by atoms with Crippen LogP contribution in [0.5, 0.6) is 0 Å². The lowest BCUT2D eigenvalue weighted by atomic mass is 9.90. The summed E-state index contributed by atoms with van der Waals surface area (Å²) in [6, 6.07) is 0. The van der Waals surface area contributed by atoms with Gasteiger partial charge in [-0.25, -0.2) is 0 Å². The molecule has 2 atom stereocenters. The van der Waals surface area contributed by atoms with Crippen molar-refractivity contribution in [2.24, 2.45) is 5.92 Å². The number of hydrogen-bond acceptors (Lipinski definition) is 4. The van der Waals surface area contributed by atoms with Crippen LogP contribution in [0.4, 0.5) is 0 Å². The first-order valence-corrected chi connectivity index (χ1v) is 5.88. The second kappa shape index (κ2) is 4.78. The van der Waals surface area contributed by atoms with E-state index in [9.17, 15) is 0 Å². The summed E-state index contributed by atoms with van der Waals surface area (Å²) in [6.07, 6.45) is 2.99. The van der Waals surface area contributed by atoms with E-state index in [2.05, 4.69) is 5.32 Å². The van der Waals surface area contributed by atoms with E-state index >= 15 is 0 Å². The minimum absolute atomic E-state index is 0.0786. The first-order chi connectivity index (χ1) is 7.24. The molecule has 0 aromatic heterocycles. The summed E-state index contributed by atoms with van der Waals surface area (Å²) in [6.45, 7) is 4.95. The van der Waals surface area contributed by atoms with Crippen molar-refractivity contribution in [2.75, 3.05) is 26.3 Å². The van der Waals surface area contributed by atoms with Gasteiger partial charge in [-0.05, 0) is 39.3 Å². The summed E-state index contributed by atoms with van der Waals surface area (Å²) in [5, 5.41) is 12.2. The fraction of sp³-hybridized carbons (Fsp3) is 1.00. The molecule has 0 bridgehead atoms. The normalized spacial score (nSPS) is 38.4. The van der Waals surface area contributed by atoms with E-state index in [1.165, 1.54) is 0 Å². The molecule has 2 rings (SSSR count). The minimum atomic E-state index is -0.415. The summed E-state index contributed by atoms with van der Waals surface area (Å²) >= 11 is 0. The van der Waals surface area contributed by atoms with E-state index in [-0.39, 0.29) is 12.7 Å². The van der Waals surface area contributed by atoms with Crippen molar-refractivity contribution in [1.82, 2.24) is 5.32 Å². The average Bonchev–Trinajstić information content (AvgIpc) is 2.64. The molecule has 0 aliphatic carbocycles. The SMILES string of the molecule is CC1(C2CCNCC2)OCC(CCO)O1. The van der Waals surface area contributed by atoms with Crippen molar-refractivity contribution < 1.29 is 14.6 Å². The van der Waals surface area contributed by atoms with Crippen LogP contribution in [0.25, 0.3) is 0 Å². The Bertz CT molecular complexity index is 206. The molecule has 2 unspecified atom stereocenters. The largest absolute Gasteiger partial charge is 0.396 e. The van der Waals surface area contributed by atoms with Crippen LogP contribution in [0.3, 0.4) is 0 Å². The van der Waals surface area contributed by atoms with E-state index in [0.29, 0.717) is 18.9 Å². The van der Waals surface area contributed by atoms with Gasteiger partial charge < -0.3 is 19.9 Å². The Morgan fingerprint density at radius 1 is 1.40 bits per heavy atom. The molecule has 0 aromatic carbocycles. The van der Waals surface area contributed by atoms with Gasteiger partial charge in [-0.15, -0.1) is 0 Å². The van der Waals surface area contributed by atoms with Gasteiger partial charge >= 0.3 is 0 Å². The second-order valence-electron chi connectivity index (χ2n) is 4.60. The summed E-state index contributed by atoms with van der Waals surface area (Å²) in [5.74, 6) is 0.0736. The molecule has 88 valence electrons. The molecule has 2 heterocycles. The van der Waals surface area contributed by atoms with Crippen molar-refractivity contribution in [2.45, 2.75) is 38.1 Å². The fourth-order valence-electron chi connectivity index (χ4n) is 2.50. The fourth-order valence-corrected chi connectivity index (χ4v) is 2.50. The van der Waals surface area contributed by atoms with Crippen LogP contribution in [0.1, 0.15) is 26.2 Å². The molecule has 2 N–H and O–H groups in total. The standard InChI is InChI=1S/C11H21NO3/c1-11(9-2-5-12-6-3-9)14-8-10(15-11)4-7-13/h9-10,12-13H,2-8H2,1H3. The summed E-state index contributed by atoms with van der Waals surface area (Å²) in [7, 11) is 0. The average molecular weight is 215 g/mol. The maximum Gasteiger partial charge on any atom is 0.168 e. The molecule has 4 nitrogen and oxygen atoms in total. The Morgan fingerprint density at radius 2 is 2.13 bits per heavy atom. The number of aliphatic hydroxyl groups is 1. The number of nitrogens with one attached hydrogen (secondary N) is 1. The van der Waals surface area contributed by atoms with Crippen LogP contribution in [0, 0.1) is 5.92 Å². The van der Waals surface area contributed by atoms with Crippen molar-refractivity contribution in [1.29, 1.82) is 0 Å². The van der Waals surface area contributed by atoms with Gasteiger partial charge in [0.15, 0.2) is 5.79 Å². The lowest BCUT2D eigenvalue weighted by Gasteiger charge is -2.35. The molecule has 2 aliphatic heterocycles. The summed E-state index contributed by atoms with van der Waals surface area (Å²) in [5.41, 5.74) is 0. The minimum Gasteiger partial charge on any atom is -0.396 e. The molecule has 0 aromatic rings. The van der Waals surface area contributed by atoms with Gasteiger partial charge in [0.2, 0.25) is 0 Å². The van der Waals surface area contributed by atoms with Crippen molar-refractivity contribution in [3.05, 3.63) is 0 Å². The third-order valence-electron chi connectivity index (χ3n) is 3.49. The molecule has 15 heavy (non-hydrogen) atoms. The van der Waals surface area contributed by atoms with Gasteiger partial charge in [-0.1, -0.05) is 0 Å². The molecule has 2 fully saturated rings. The topological polar surface area (TPSA) is 50.7 Å². The number of hydrogen-bond donors (Lipinski definition) is 2. The van der Waals surface area contributed by atoms with Crippen molar-refractivity contribution in [3.8, 4) is 0 Å². The van der Waals surface area contributed by atoms with Crippen LogP contribution in [0.2, 0.25) is 0 Å². The van der Waals surface area contributed by atoms with Gasteiger partial charge in [0, 0.05) is 12.5 Å². The van der Waals surface area contributed by atoms with Crippen molar-refractivity contribution in [3.63, 3.8) is 0 Å². The molecule has 2 aliphatic rings. The molecule has 0 spiro atoms. The van der Waals surface area contributed by atoms with Crippen LogP contribution in [-0.4, -0.2) is 43.3 Å². The zero-order valence-electron chi connectivity index (χ0n) is 9.37. The monoisotopic (exact) mass is 215 g/mol. The number of aliphatic hydroxyl groups excluding tert-OH is 1. The Balaban J connectivity index is 1.89. The zero-order valence-corrected chi connectivity index (χ0v) is 9.37. The Hall–Kier alpha value is -0.160. The van der Waals surface area contributed by atoms with E-state index < -0.39 is 5.79 Å². The van der Waals surface area contributed by atoms with Gasteiger partial charge in [-0.2, -0.15) is 0 Å². The van der Waals surface area contributed by atoms with Crippen LogP contribution in [0.15, 0.2) is 0 Å². The molecule has 2 saturated heterocycles. The van der Waals surface area contributed by atoms with Crippen LogP contribution >= 0.6 is 0 Å². The third-order valence-corrected chi connectivity index (χ3v) is 3.49. The maximum absolute atomic E-state index is 8.86. The first-order valence-electron chi connectivity index (χ1n) is 5.88. The molecule has 0 saturated carbocycles. The molecule has 0 amide bonds. The highest BCUT2D eigenvalue weighted by molar-refractivity contribution is 4.85. The van der Waals surface area contributed by atoms with E-state index in [0.717, 1.165) is 25.9 Å². The number of rotatable bonds is 3. The van der Waals surface area contributed by atoms with Gasteiger partial charge in [-0.3, -0.25) is 0 Å². The van der Waals surface area contributed by atoms with Crippen LogP contribution < -0.4 is 5.32 Å². The predicted molar refractivity (Wildman–Crippen MR) is 56.5 cm³/mol. The van der Waals surface area contributed by atoms with E-state index in [4.69, 9.17) is 14.6 Å². The zero-order chi connectivity index (χ0) is 10.7. The highest BCUT2D eigenvalue weighted by atomic mass is 16.7. The Labute approximate surface area is 90.9 Å². The summed E-state index contributed by atoms with van der Waals surface area (Å²) in [4.78, 5) is 0. The third kappa shape index (κ3) is 2.50. The highest BCUT2D eigenvalue weighted by Crippen LogP contribution is 2.36. The van der Waals surface area contributed by atoms with Crippen molar-refractivity contribution >= 4 is 0 Å². The van der Waals surface area contributed by atoms with Gasteiger partial charge in [0.1, 0.15) is 0 Å². The van der Waals surface area contributed by atoms with Crippen LogP contribution in [-0.2, 0) is 9.47 Å². The van der Waals surface area contributed by atoms with E-state index in [1.807, 2.05) is 6.92 Å². The Kier molecular flexibility index (Phi) is 3.61. The highest BCUT2D eigenvalue weighted by Gasteiger charge is 2.43. The van der Waals surface area contributed by atoms with E-state index in [1.54, 1.807) is 0 Å². The lowest BCUT2D eigenvalue weighted by Crippen LogP contribution is -2.43. The summed E-state index contributed by atoms with van der Waals surface area (Å²) < 4.78 is 11.7. The quantitative estimate of drug-likeness (QED) is 0.720. The lowest BCUT2D eigenvalue weighted by molar-refractivity contribution is -0.197. The number of ether oxygens (including phenoxy) is 2. The Morgan fingerprint density at radius 3 is 2.80 bits per heavy atom. The molecule has 4 heteroatoms. The smallest absolute Gasteiger partial charge is 0.168 e. The predicted octanol–water partition coefficient (Wildman–Crippen LogP) is 0.500. The molecule has 0 radical (unpaired) electrons. The molecular weight excluding hydrogens is 194 g/mol. The van der Waals surface area contributed by atoms with Gasteiger partial charge in [0.25, 0.3) is 0 Å². The maximum atomic E-state index is 8.86.